The van der Waals surface area contributed by atoms with Gasteiger partial charge in [-0.2, -0.15) is 0 Å². The summed E-state index contributed by atoms with van der Waals surface area (Å²) in [5.41, 5.74) is 1.17. The molecule has 2 rings (SSSR count). The Balaban J connectivity index is 1.86. The summed E-state index contributed by atoms with van der Waals surface area (Å²) in [5.74, 6) is -0.995. The predicted octanol–water partition coefficient (Wildman–Crippen LogP) is 4.03. The summed E-state index contributed by atoms with van der Waals surface area (Å²) in [6.07, 6.45) is 0. The zero-order chi connectivity index (χ0) is 16.8. The standard InChI is InChI=1S/C17H15Cl2NO3/c1-11(12-4-2-6-14(18)8-12)20-16(21)10-23-17(22)13-5-3-7-15(19)9-13/h2-9,11H,10H2,1H3,(H,20,21)/t11-/m1/s1. The molecule has 4 nitrogen and oxygen atoms in total. The summed E-state index contributed by atoms with van der Waals surface area (Å²) in [4.78, 5) is 23.7. The van der Waals surface area contributed by atoms with Crippen molar-refractivity contribution in [2.24, 2.45) is 0 Å². The Kier molecular flexibility index (Phi) is 6.02. The molecule has 120 valence electrons. The number of rotatable bonds is 5. The summed E-state index contributed by atoms with van der Waals surface area (Å²) in [6, 6.07) is 13.3. The Morgan fingerprint density at radius 2 is 1.74 bits per heavy atom. The highest BCUT2D eigenvalue weighted by molar-refractivity contribution is 6.31. The molecule has 0 aliphatic carbocycles. The third kappa shape index (κ3) is 5.27. The minimum Gasteiger partial charge on any atom is -0.452 e. The number of carbonyl (C=O) groups is 2. The lowest BCUT2D eigenvalue weighted by Gasteiger charge is -2.14. The Morgan fingerprint density at radius 3 is 2.39 bits per heavy atom. The van der Waals surface area contributed by atoms with Crippen LogP contribution in [0.15, 0.2) is 48.5 Å². The molecule has 23 heavy (non-hydrogen) atoms. The highest BCUT2D eigenvalue weighted by atomic mass is 35.5. The fourth-order valence-electron chi connectivity index (χ4n) is 1.97. The van der Waals surface area contributed by atoms with E-state index in [0.717, 1.165) is 5.56 Å². The largest absolute Gasteiger partial charge is 0.452 e. The second kappa shape index (κ2) is 7.99. The fraction of sp³-hybridized carbons (Fsp3) is 0.176. The van der Waals surface area contributed by atoms with E-state index in [2.05, 4.69) is 5.32 Å². The lowest BCUT2D eigenvalue weighted by molar-refractivity contribution is -0.124. The van der Waals surface area contributed by atoms with Crippen LogP contribution in [-0.4, -0.2) is 18.5 Å². The molecule has 0 aliphatic heterocycles. The smallest absolute Gasteiger partial charge is 0.338 e. The number of ether oxygens (including phenoxy) is 1. The number of carbonyl (C=O) groups excluding carboxylic acids is 2. The van der Waals surface area contributed by atoms with Gasteiger partial charge in [0, 0.05) is 10.0 Å². The van der Waals surface area contributed by atoms with E-state index in [0.29, 0.717) is 15.6 Å². The van der Waals surface area contributed by atoms with Gasteiger partial charge >= 0.3 is 5.97 Å². The average molecular weight is 352 g/mol. The third-order valence-corrected chi connectivity index (χ3v) is 3.59. The number of halogens is 2. The second-order valence-corrected chi connectivity index (χ2v) is 5.80. The maximum Gasteiger partial charge on any atom is 0.338 e. The second-order valence-electron chi connectivity index (χ2n) is 4.93. The van der Waals surface area contributed by atoms with Gasteiger partial charge in [0.25, 0.3) is 5.91 Å². The molecule has 0 saturated heterocycles. The van der Waals surface area contributed by atoms with Crippen molar-refractivity contribution < 1.29 is 14.3 Å². The van der Waals surface area contributed by atoms with Crippen LogP contribution in [-0.2, 0) is 9.53 Å². The summed E-state index contributed by atoms with van der Waals surface area (Å²) >= 11 is 11.7. The first kappa shape index (κ1) is 17.3. The molecule has 0 radical (unpaired) electrons. The topological polar surface area (TPSA) is 55.4 Å². The molecule has 2 aromatic carbocycles. The number of hydrogen-bond donors (Lipinski definition) is 1. The van der Waals surface area contributed by atoms with Crippen LogP contribution in [0, 0.1) is 0 Å². The number of benzene rings is 2. The Bertz CT molecular complexity index is 718. The van der Waals surface area contributed by atoms with Crippen LogP contribution in [0.4, 0.5) is 0 Å². The van der Waals surface area contributed by atoms with Crippen molar-refractivity contribution in [1.29, 1.82) is 0 Å². The molecule has 1 amide bonds. The minimum absolute atomic E-state index is 0.244. The normalized spacial score (nSPS) is 11.6. The van der Waals surface area contributed by atoms with Crippen molar-refractivity contribution in [3.8, 4) is 0 Å². The highest BCUT2D eigenvalue weighted by Gasteiger charge is 2.13. The maximum absolute atomic E-state index is 11.9. The van der Waals surface area contributed by atoms with Gasteiger partial charge in [0.05, 0.1) is 11.6 Å². The van der Waals surface area contributed by atoms with Gasteiger partial charge in [-0.05, 0) is 42.8 Å². The van der Waals surface area contributed by atoms with E-state index in [1.165, 1.54) is 6.07 Å². The lowest BCUT2D eigenvalue weighted by atomic mass is 10.1. The molecular formula is C17H15Cl2NO3. The summed E-state index contributed by atoms with van der Waals surface area (Å²) < 4.78 is 4.97. The van der Waals surface area contributed by atoms with E-state index in [4.69, 9.17) is 27.9 Å². The van der Waals surface area contributed by atoms with E-state index in [-0.39, 0.29) is 12.6 Å². The first-order valence-electron chi connectivity index (χ1n) is 6.93. The van der Waals surface area contributed by atoms with E-state index in [1.807, 2.05) is 13.0 Å². The van der Waals surface area contributed by atoms with Crippen molar-refractivity contribution in [2.45, 2.75) is 13.0 Å². The molecule has 0 saturated carbocycles. The van der Waals surface area contributed by atoms with Crippen molar-refractivity contribution in [2.75, 3.05) is 6.61 Å². The Morgan fingerprint density at radius 1 is 1.09 bits per heavy atom. The molecule has 2 aromatic rings. The summed E-state index contributed by atoms with van der Waals surface area (Å²) in [6.45, 7) is 1.46. The van der Waals surface area contributed by atoms with Crippen molar-refractivity contribution in [1.82, 2.24) is 5.32 Å². The minimum atomic E-state index is -0.599. The van der Waals surface area contributed by atoms with E-state index in [9.17, 15) is 9.59 Å². The van der Waals surface area contributed by atoms with Gasteiger partial charge in [-0.25, -0.2) is 4.79 Å². The fourth-order valence-corrected chi connectivity index (χ4v) is 2.36. The quantitative estimate of drug-likeness (QED) is 0.827. The van der Waals surface area contributed by atoms with Crippen LogP contribution in [0.3, 0.4) is 0 Å². The lowest BCUT2D eigenvalue weighted by Crippen LogP contribution is -2.31. The van der Waals surface area contributed by atoms with E-state index in [1.54, 1.807) is 36.4 Å². The molecule has 6 heteroatoms. The maximum atomic E-state index is 11.9. The molecule has 0 bridgehead atoms. The molecule has 0 heterocycles. The first-order chi connectivity index (χ1) is 11.0. The van der Waals surface area contributed by atoms with Gasteiger partial charge in [-0.1, -0.05) is 41.4 Å². The zero-order valence-corrected chi connectivity index (χ0v) is 13.9. The number of esters is 1. The third-order valence-electron chi connectivity index (χ3n) is 3.12. The zero-order valence-electron chi connectivity index (χ0n) is 12.4. The number of amides is 1. The molecule has 0 aromatic heterocycles. The number of hydrogen-bond acceptors (Lipinski definition) is 3. The van der Waals surface area contributed by atoms with Crippen molar-refractivity contribution in [3.63, 3.8) is 0 Å². The highest BCUT2D eigenvalue weighted by Crippen LogP contribution is 2.17. The molecular weight excluding hydrogens is 337 g/mol. The van der Waals surface area contributed by atoms with Gasteiger partial charge in [-0.3, -0.25) is 4.79 Å². The van der Waals surface area contributed by atoms with E-state index >= 15 is 0 Å². The molecule has 0 unspecified atom stereocenters. The van der Waals surface area contributed by atoms with Crippen molar-refractivity contribution >= 4 is 35.1 Å². The van der Waals surface area contributed by atoms with Crippen LogP contribution < -0.4 is 5.32 Å². The molecule has 0 fully saturated rings. The number of nitrogens with one attached hydrogen (secondary N) is 1. The Labute approximate surface area is 144 Å². The molecule has 0 aliphatic rings. The van der Waals surface area contributed by atoms with E-state index < -0.39 is 11.9 Å². The van der Waals surface area contributed by atoms with Crippen LogP contribution in [0.1, 0.15) is 28.9 Å². The Hall–Kier alpha value is -2.04. The predicted molar refractivity (Wildman–Crippen MR) is 89.7 cm³/mol. The summed E-state index contributed by atoms with van der Waals surface area (Å²) in [7, 11) is 0. The molecule has 1 N–H and O–H groups in total. The summed E-state index contributed by atoms with van der Waals surface area (Å²) in [5, 5.41) is 3.76. The van der Waals surface area contributed by atoms with Crippen LogP contribution >= 0.6 is 23.2 Å². The van der Waals surface area contributed by atoms with Crippen LogP contribution in [0.25, 0.3) is 0 Å². The molecule has 0 spiro atoms. The van der Waals surface area contributed by atoms with Crippen molar-refractivity contribution in [3.05, 3.63) is 69.7 Å². The molecule has 1 atom stereocenters. The van der Waals surface area contributed by atoms with Crippen LogP contribution in [0.2, 0.25) is 10.0 Å². The van der Waals surface area contributed by atoms with Crippen LogP contribution in [0.5, 0.6) is 0 Å². The SMILES string of the molecule is C[C@@H](NC(=O)COC(=O)c1cccc(Cl)c1)c1cccc(Cl)c1. The first-order valence-corrected chi connectivity index (χ1v) is 7.69. The van der Waals surface area contributed by atoms with Gasteiger partial charge in [0.15, 0.2) is 6.61 Å². The van der Waals surface area contributed by atoms with Gasteiger partial charge in [0.2, 0.25) is 0 Å². The average Bonchev–Trinajstić information content (AvgIpc) is 2.52. The monoisotopic (exact) mass is 351 g/mol. The van der Waals surface area contributed by atoms with Gasteiger partial charge < -0.3 is 10.1 Å². The van der Waals surface area contributed by atoms with Gasteiger partial charge in [0.1, 0.15) is 0 Å². The van der Waals surface area contributed by atoms with Gasteiger partial charge in [-0.15, -0.1) is 0 Å².